The van der Waals surface area contributed by atoms with E-state index in [1.165, 1.54) is 0 Å². The zero-order valence-electron chi connectivity index (χ0n) is 11.9. The van der Waals surface area contributed by atoms with E-state index in [-0.39, 0.29) is 5.91 Å². The van der Waals surface area contributed by atoms with Crippen LogP contribution in [0.25, 0.3) is 11.3 Å². The van der Waals surface area contributed by atoms with E-state index in [9.17, 15) is 4.79 Å². The summed E-state index contributed by atoms with van der Waals surface area (Å²) < 4.78 is 6.74. The van der Waals surface area contributed by atoms with Gasteiger partial charge in [-0.1, -0.05) is 23.7 Å². The van der Waals surface area contributed by atoms with E-state index in [2.05, 4.69) is 10.4 Å². The Balaban J connectivity index is 1.78. The van der Waals surface area contributed by atoms with Crippen molar-refractivity contribution in [3.05, 3.63) is 65.2 Å². The van der Waals surface area contributed by atoms with Crippen LogP contribution in [-0.4, -0.2) is 15.7 Å². The molecule has 2 heterocycles. The summed E-state index contributed by atoms with van der Waals surface area (Å²) in [5.74, 6) is 0.491. The third-order valence-electron chi connectivity index (χ3n) is 3.24. The van der Waals surface area contributed by atoms with E-state index in [1.807, 2.05) is 18.2 Å². The van der Waals surface area contributed by atoms with Crippen molar-refractivity contribution in [1.29, 1.82) is 0 Å². The van der Waals surface area contributed by atoms with Crippen LogP contribution in [0.1, 0.15) is 16.2 Å². The second kappa shape index (κ2) is 6.07. The molecule has 6 heteroatoms. The van der Waals surface area contributed by atoms with Crippen molar-refractivity contribution in [3.63, 3.8) is 0 Å². The number of carbonyl (C=O) groups is 1. The average molecular weight is 316 g/mol. The van der Waals surface area contributed by atoms with Gasteiger partial charge in [-0.3, -0.25) is 9.48 Å². The summed E-state index contributed by atoms with van der Waals surface area (Å²) in [6, 6.07) is 12.7. The minimum atomic E-state index is -0.209. The predicted molar refractivity (Wildman–Crippen MR) is 83.5 cm³/mol. The highest BCUT2D eigenvalue weighted by atomic mass is 35.5. The lowest BCUT2D eigenvalue weighted by molar-refractivity contribution is 0.0938. The minimum absolute atomic E-state index is 0.209. The number of carbonyl (C=O) groups excluding carboxylic acids is 1. The number of aromatic nitrogens is 2. The summed E-state index contributed by atoms with van der Waals surface area (Å²) in [6.07, 6.45) is 1.57. The lowest BCUT2D eigenvalue weighted by atomic mass is 10.1. The first kappa shape index (κ1) is 14.4. The summed E-state index contributed by atoms with van der Waals surface area (Å²) in [6.45, 7) is 0.337. The molecule has 0 aliphatic carbocycles. The van der Waals surface area contributed by atoms with Gasteiger partial charge >= 0.3 is 0 Å². The third-order valence-corrected chi connectivity index (χ3v) is 3.47. The van der Waals surface area contributed by atoms with Crippen LogP contribution in [0, 0.1) is 0 Å². The lowest BCUT2D eigenvalue weighted by Gasteiger charge is -2.02. The molecule has 0 fully saturated rings. The van der Waals surface area contributed by atoms with Gasteiger partial charge in [0.2, 0.25) is 0 Å². The fourth-order valence-corrected chi connectivity index (χ4v) is 2.33. The number of aryl methyl sites for hydroxylation is 1. The molecule has 0 unspecified atom stereocenters. The second-order valence-corrected chi connectivity index (χ2v) is 5.25. The van der Waals surface area contributed by atoms with Gasteiger partial charge < -0.3 is 9.73 Å². The predicted octanol–water partition coefficient (Wildman–Crippen LogP) is 3.26. The highest BCUT2D eigenvalue weighted by molar-refractivity contribution is 6.30. The van der Waals surface area contributed by atoms with Crippen LogP contribution in [0.2, 0.25) is 5.02 Å². The molecule has 1 N–H and O–H groups in total. The number of hydrogen-bond acceptors (Lipinski definition) is 3. The zero-order valence-corrected chi connectivity index (χ0v) is 12.7. The molecular formula is C16H14ClN3O2. The van der Waals surface area contributed by atoms with Crippen LogP contribution < -0.4 is 5.32 Å². The van der Waals surface area contributed by atoms with Crippen LogP contribution in [0.15, 0.2) is 53.1 Å². The third kappa shape index (κ3) is 3.04. The van der Waals surface area contributed by atoms with Gasteiger partial charge in [0, 0.05) is 17.6 Å². The van der Waals surface area contributed by atoms with E-state index in [0.29, 0.717) is 28.7 Å². The van der Waals surface area contributed by atoms with E-state index < -0.39 is 0 Å². The van der Waals surface area contributed by atoms with Crippen LogP contribution in [0.4, 0.5) is 0 Å². The lowest BCUT2D eigenvalue weighted by Crippen LogP contribution is -2.24. The molecule has 5 nitrogen and oxygen atoms in total. The van der Waals surface area contributed by atoms with Crippen LogP contribution in [0.5, 0.6) is 0 Å². The molecule has 1 aromatic carbocycles. The van der Waals surface area contributed by atoms with Crippen molar-refractivity contribution in [1.82, 2.24) is 15.1 Å². The van der Waals surface area contributed by atoms with E-state index in [4.69, 9.17) is 16.0 Å². The number of nitrogens with one attached hydrogen (secondary N) is 1. The number of furan rings is 1. The quantitative estimate of drug-likeness (QED) is 0.804. The Morgan fingerprint density at radius 2 is 2.18 bits per heavy atom. The van der Waals surface area contributed by atoms with Crippen LogP contribution in [0.3, 0.4) is 0 Å². The number of benzene rings is 1. The van der Waals surface area contributed by atoms with Gasteiger partial charge in [0.25, 0.3) is 5.91 Å². The summed E-state index contributed by atoms with van der Waals surface area (Å²) in [5, 5.41) is 7.79. The molecular weight excluding hydrogens is 302 g/mol. The monoisotopic (exact) mass is 315 g/mol. The Morgan fingerprint density at radius 3 is 2.91 bits per heavy atom. The van der Waals surface area contributed by atoms with E-state index >= 15 is 0 Å². The van der Waals surface area contributed by atoms with Gasteiger partial charge in [0.05, 0.1) is 18.5 Å². The molecule has 0 radical (unpaired) electrons. The average Bonchev–Trinajstić information content (AvgIpc) is 3.14. The van der Waals surface area contributed by atoms with Gasteiger partial charge in [-0.2, -0.15) is 5.10 Å². The van der Waals surface area contributed by atoms with Crippen LogP contribution >= 0.6 is 11.6 Å². The Bertz CT molecular complexity index is 794. The molecule has 0 bridgehead atoms. The van der Waals surface area contributed by atoms with E-state index in [0.717, 1.165) is 5.56 Å². The van der Waals surface area contributed by atoms with Gasteiger partial charge in [-0.15, -0.1) is 0 Å². The first-order valence-corrected chi connectivity index (χ1v) is 7.12. The van der Waals surface area contributed by atoms with Crippen molar-refractivity contribution in [3.8, 4) is 11.3 Å². The Hall–Kier alpha value is -2.53. The van der Waals surface area contributed by atoms with Crippen molar-refractivity contribution >= 4 is 17.5 Å². The molecule has 0 spiro atoms. The molecule has 22 heavy (non-hydrogen) atoms. The van der Waals surface area contributed by atoms with Crippen molar-refractivity contribution in [2.24, 2.45) is 7.05 Å². The second-order valence-electron chi connectivity index (χ2n) is 4.81. The molecule has 112 valence electrons. The molecule has 3 rings (SSSR count). The summed E-state index contributed by atoms with van der Waals surface area (Å²) >= 11 is 5.99. The molecule has 0 aliphatic rings. The molecule has 0 aliphatic heterocycles. The van der Waals surface area contributed by atoms with Gasteiger partial charge in [-0.05, 0) is 30.3 Å². The molecule has 0 saturated heterocycles. The summed E-state index contributed by atoms with van der Waals surface area (Å²) in [7, 11) is 1.73. The highest BCUT2D eigenvalue weighted by Crippen LogP contribution is 2.22. The van der Waals surface area contributed by atoms with Gasteiger partial charge in [0.15, 0.2) is 0 Å². The van der Waals surface area contributed by atoms with E-state index in [1.54, 1.807) is 42.3 Å². The highest BCUT2D eigenvalue weighted by Gasteiger charge is 2.14. The summed E-state index contributed by atoms with van der Waals surface area (Å²) in [4.78, 5) is 12.2. The topological polar surface area (TPSA) is 60.1 Å². The van der Waals surface area contributed by atoms with Crippen molar-refractivity contribution < 1.29 is 9.21 Å². The van der Waals surface area contributed by atoms with Gasteiger partial charge in [0.1, 0.15) is 11.5 Å². The maximum atomic E-state index is 12.2. The van der Waals surface area contributed by atoms with Crippen LogP contribution in [-0.2, 0) is 13.6 Å². The number of amides is 1. The molecule has 0 saturated carbocycles. The Morgan fingerprint density at radius 1 is 1.32 bits per heavy atom. The Kier molecular flexibility index (Phi) is 3.98. The maximum absolute atomic E-state index is 12.2. The fourth-order valence-electron chi connectivity index (χ4n) is 2.14. The Labute approximate surface area is 132 Å². The van der Waals surface area contributed by atoms with Crippen molar-refractivity contribution in [2.45, 2.75) is 6.54 Å². The minimum Gasteiger partial charge on any atom is -0.467 e. The first-order valence-electron chi connectivity index (χ1n) is 6.74. The molecule has 2 aromatic heterocycles. The molecule has 1 amide bonds. The largest absolute Gasteiger partial charge is 0.467 e. The molecule has 3 aromatic rings. The zero-order chi connectivity index (χ0) is 15.5. The smallest absolute Gasteiger partial charge is 0.269 e. The fraction of sp³-hybridized carbons (Fsp3) is 0.125. The maximum Gasteiger partial charge on any atom is 0.269 e. The standard InChI is InChI=1S/C16H14ClN3O2/c1-20-15(16(21)18-10-13-6-3-7-22-13)9-14(19-20)11-4-2-5-12(17)8-11/h2-9H,10H2,1H3,(H,18,21). The van der Waals surface area contributed by atoms with Crippen molar-refractivity contribution in [2.75, 3.05) is 0 Å². The summed E-state index contributed by atoms with van der Waals surface area (Å²) in [5.41, 5.74) is 2.04. The number of rotatable bonds is 4. The van der Waals surface area contributed by atoms with Gasteiger partial charge in [-0.25, -0.2) is 0 Å². The number of nitrogens with zero attached hydrogens (tertiary/aromatic N) is 2. The SMILES string of the molecule is Cn1nc(-c2cccc(Cl)c2)cc1C(=O)NCc1ccco1. The number of halogens is 1. The number of hydrogen-bond donors (Lipinski definition) is 1. The molecule has 0 atom stereocenters. The normalized spacial score (nSPS) is 10.6. The first-order chi connectivity index (χ1) is 10.6.